The van der Waals surface area contributed by atoms with E-state index in [2.05, 4.69) is 9.71 Å². The number of nitrogens with one attached hydrogen (secondary N) is 1. The molecule has 0 amide bonds. The highest BCUT2D eigenvalue weighted by atomic mass is 32.2. The Balaban J connectivity index is 2.20. The Hall–Kier alpha value is -1.64. The lowest BCUT2D eigenvalue weighted by Gasteiger charge is -2.10. The van der Waals surface area contributed by atoms with E-state index in [4.69, 9.17) is 9.47 Å². The van der Waals surface area contributed by atoms with Gasteiger partial charge < -0.3 is 9.47 Å². The molecular weight excluding hydrogens is 300 g/mol. The predicted molar refractivity (Wildman–Crippen MR) is 75.7 cm³/mol. The topological polar surface area (TPSA) is 77.5 Å². The molecule has 1 aromatic heterocycles. The minimum Gasteiger partial charge on any atom is -0.493 e. The lowest BCUT2D eigenvalue weighted by Crippen LogP contribution is -2.23. The summed E-state index contributed by atoms with van der Waals surface area (Å²) in [4.78, 5) is 4.14. The third-order valence-electron chi connectivity index (χ3n) is 2.59. The van der Waals surface area contributed by atoms with Crippen LogP contribution >= 0.6 is 11.3 Å². The first-order chi connectivity index (χ1) is 9.56. The second-order valence-electron chi connectivity index (χ2n) is 3.82. The van der Waals surface area contributed by atoms with E-state index in [1.165, 1.54) is 37.7 Å². The molecule has 0 saturated heterocycles. The summed E-state index contributed by atoms with van der Waals surface area (Å²) in [6.07, 6.45) is 0. The van der Waals surface area contributed by atoms with Crippen molar-refractivity contribution in [3.05, 3.63) is 34.8 Å². The second kappa shape index (κ2) is 6.21. The highest BCUT2D eigenvalue weighted by Crippen LogP contribution is 2.29. The summed E-state index contributed by atoms with van der Waals surface area (Å²) in [7, 11) is -0.667. The van der Waals surface area contributed by atoms with Crippen molar-refractivity contribution in [2.75, 3.05) is 14.2 Å². The highest BCUT2D eigenvalue weighted by Gasteiger charge is 2.17. The van der Waals surface area contributed by atoms with E-state index in [1.54, 1.807) is 17.0 Å². The molecule has 0 bridgehead atoms. The molecule has 0 aliphatic carbocycles. The summed E-state index contributed by atoms with van der Waals surface area (Å²) in [5.41, 5.74) is 2.33. The maximum atomic E-state index is 12.2. The number of thiazole rings is 1. The first kappa shape index (κ1) is 14.8. The summed E-state index contributed by atoms with van der Waals surface area (Å²) in [5.74, 6) is 0.843. The molecule has 108 valence electrons. The van der Waals surface area contributed by atoms with Crippen LogP contribution in [0.2, 0.25) is 0 Å². The number of methoxy groups -OCH3 is 2. The van der Waals surface area contributed by atoms with Crippen molar-refractivity contribution < 1.29 is 17.9 Å². The first-order valence-electron chi connectivity index (χ1n) is 5.65. The Morgan fingerprint density at radius 1 is 1.25 bits per heavy atom. The number of hydrogen-bond acceptors (Lipinski definition) is 6. The molecule has 2 aromatic rings. The van der Waals surface area contributed by atoms with Gasteiger partial charge in [0.1, 0.15) is 0 Å². The minimum atomic E-state index is -3.61. The van der Waals surface area contributed by atoms with Crippen LogP contribution in [0.1, 0.15) is 5.69 Å². The van der Waals surface area contributed by atoms with E-state index in [1.807, 2.05) is 0 Å². The van der Waals surface area contributed by atoms with E-state index in [0.29, 0.717) is 17.2 Å². The standard InChI is InChI=1S/C12H14N2O4S2/c1-17-11-4-3-10(5-12(11)18-2)20(15,16)14-6-9-7-19-8-13-9/h3-5,7-8,14H,6H2,1-2H3. The smallest absolute Gasteiger partial charge is 0.241 e. The van der Waals surface area contributed by atoms with Crippen molar-refractivity contribution in [2.45, 2.75) is 11.4 Å². The Bertz CT molecular complexity index is 669. The van der Waals surface area contributed by atoms with Gasteiger partial charge in [-0.3, -0.25) is 0 Å². The monoisotopic (exact) mass is 314 g/mol. The molecule has 0 fully saturated rings. The van der Waals surface area contributed by atoms with Crippen molar-refractivity contribution in [3.8, 4) is 11.5 Å². The number of aromatic nitrogens is 1. The summed E-state index contributed by atoms with van der Waals surface area (Å²) < 4.78 is 37.0. The molecule has 6 nitrogen and oxygen atoms in total. The molecule has 0 atom stereocenters. The van der Waals surface area contributed by atoms with Gasteiger partial charge in [0, 0.05) is 11.4 Å². The molecule has 2 rings (SSSR count). The number of rotatable bonds is 6. The number of hydrogen-bond donors (Lipinski definition) is 1. The van der Waals surface area contributed by atoms with Crippen LogP contribution in [0.25, 0.3) is 0 Å². The molecule has 0 saturated carbocycles. The third kappa shape index (κ3) is 3.27. The van der Waals surface area contributed by atoms with Crippen LogP contribution in [0.3, 0.4) is 0 Å². The van der Waals surface area contributed by atoms with Gasteiger partial charge in [-0.05, 0) is 12.1 Å². The van der Waals surface area contributed by atoms with E-state index < -0.39 is 10.0 Å². The maximum absolute atomic E-state index is 12.2. The molecule has 0 aliphatic heterocycles. The minimum absolute atomic E-state index is 0.116. The van der Waals surface area contributed by atoms with Crippen LogP contribution in [0.15, 0.2) is 34.0 Å². The maximum Gasteiger partial charge on any atom is 0.241 e. The average molecular weight is 314 g/mol. The van der Waals surface area contributed by atoms with Crippen LogP contribution in [-0.4, -0.2) is 27.6 Å². The van der Waals surface area contributed by atoms with E-state index in [9.17, 15) is 8.42 Å². The van der Waals surface area contributed by atoms with Crippen molar-refractivity contribution in [3.63, 3.8) is 0 Å². The van der Waals surface area contributed by atoms with Gasteiger partial charge in [-0.2, -0.15) is 0 Å². The Labute approximate surface area is 121 Å². The van der Waals surface area contributed by atoms with Gasteiger partial charge in [-0.25, -0.2) is 18.1 Å². The van der Waals surface area contributed by atoms with Gasteiger partial charge >= 0.3 is 0 Å². The van der Waals surface area contributed by atoms with Gasteiger partial charge in [0.25, 0.3) is 0 Å². The fourth-order valence-corrected chi connectivity index (χ4v) is 3.13. The summed E-state index contributed by atoms with van der Waals surface area (Å²) in [6, 6.07) is 4.43. The Morgan fingerprint density at radius 3 is 2.60 bits per heavy atom. The molecule has 0 spiro atoms. The van der Waals surface area contributed by atoms with E-state index >= 15 is 0 Å². The van der Waals surface area contributed by atoms with Gasteiger partial charge in [0.05, 0.1) is 36.9 Å². The Morgan fingerprint density at radius 2 is 2.00 bits per heavy atom. The lowest BCUT2D eigenvalue weighted by molar-refractivity contribution is 0.354. The molecular formula is C12H14N2O4S2. The quantitative estimate of drug-likeness (QED) is 0.877. The van der Waals surface area contributed by atoms with Crippen molar-refractivity contribution >= 4 is 21.4 Å². The molecule has 20 heavy (non-hydrogen) atoms. The first-order valence-corrected chi connectivity index (χ1v) is 8.08. The summed E-state index contributed by atoms with van der Waals surface area (Å²) >= 11 is 1.41. The lowest BCUT2D eigenvalue weighted by atomic mass is 10.3. The molecule has 0 radical (unpaired) electrons. The molecule has 1 N–H and O–H groups in total. The number of sulfonamides is 1. The fourth-order valence-electron chi connectivity index (χ4n) is 1.56. The van der Waals surface area contributed by atoms with Crippen LogP contribution in [0.4, 0.5) is 0 Å². The average Bonchev–Trinajstić information content (AvgIpc) is 2.97. The molecule has 1 heterocycles. The number of nitrogens with zero attached hydrogens (tertiary/aromatic N) is 1. The third-order valence-corrected chi connectivity index (χ3v) is 4.63. The van der Waals surface area contributed by atoms with Crippen LogP contribution < -0.4 is 14.2 Å². The Kier molecular flexibility index (Phi) is 4.58. The van der Waals surface area contributed by atoms with E-state index in [0.717, 1.165) is 0 Å². The summed E-state index contributed by atoms with van der Waals surface area (Å²) in [6.45, 7) is 0.153. The van der Waals surface area contributed by atoms with Crippen molar-refractivity contribution in [1.29, 1.82) is 0 Å². The van der Waals surface area contributed by atoms with Crippen LogP contribution in [-0.2, 0) is 16.6 Å². The SMILES string of the molecule is COc1ccc(S(=O)(=O)NCc2cscn2)cc1OC. The van der Waals surface area contributed by atoms with Crippen molar-refractivity contribution in [2.24, 2.45) is 0 Å². The molecule has 0 unspecified atom stereocenters. The van der Waals surface area contributed by atoms with E-state index in [-0.39, 0.29) is 11.4 Å². The zero-order valence-corrected chi connectivity index (χ0v) is 12.6. The van der Waals surface area contributed by atoms with Crippen LogP contribution in [0, 0.1) is 0 Å². The predicted octanol–water partition coefficient (Wildman–Crippen LogP) is 1.64. The summed E-state index contributed by atoms with van der Waals surface area (Å²) in [5, 5.41) is 1.79. The fraction of sp³-hybridized carbons (Fsp3) is 0.250. The van der Waals surface area contributed by atoms with Gasteiger partial charge in [-0.15, -0.1) is 11.3 Å². The van der Waals surface area contributed by atoms with Crippen LogP contribution in [0.5, 0.6) is 11.5 Å². The van der Waals surface area contributed by atoms with Gasteiger partial charge in [-0.1, -0.05) is 0 Å². The largest absolute Gasteiger partial charge is 0.493 e. The molecule has 0 aliphatic rings. The zero-order chi connectivity index (χ0) is 14.6. The highest BCUT2D eigenvalue weighted by molar-refractivity contribution is 7.89. The number of ether oxygens (including phenoxy) is 2. The van der Waals surface area contributed by atoms with Gasteiger partial charge in [0.2, 0.25) is 10.0 Å². The normalized spacial score (nSPS) is 11.3. The molecule has 1 aromatic carbocycles. The van der Waals surface area contributed by atoms with Gasteiger partial charge in [0.15, 0.2) is 11.5 Å². The van der Waals surface area contributed by atoms with Crippen molar-refractivity contribution in [1.82, 2.24) is 9.71 Å². The molecule has 8 heteroatoms. The second-order valence-corrected chi connectivity index (χ2v) is 6.31. The number of benzene rings is 1. The zero-order valence-electron chi connectivity index (χ0n) is 11.0.